The highest BCUT2D eigenvalue weighted by Gasteiger charge is 2.15. The van der Waals surface area contributed by atoms with Crippen molar-refractivity contribution in [2.24, 2.45) is 0 Å². The predicted molar refractivity (Wildman–Crippen MR) is 56.6 cm³/mol. The van der Waals surface area contributed by atoms with Gasteiger partial charge in [0.2, 0.25) is 0 Å². The molecule has 0 bridgehead atoms. The molecule has 4 heteroatoms. The third kappa shape index (κ3) is 2.23. The molecule has 15 heavy (non-hydrogen) atoms. The lowest BCUT2D eigenvalue weighted by molar-refractivity contribution is -0.136. The molecule has 1 aromatic carbocycles. The number of ether oxygens (including phenoxy) is 1. The zero-order valence-corrected chi connectivity index (χ0v) is 8.88. The molecule has 1 N–H and O–H groups in total. The summed E-state index contributed by atoms with van der Waals surface area (Å²) < 4.78 is 5.36. The number of aliphatic carboxylic acids is 1. The van der Waals surface area contributed by atoms with Gasteiger partial charge in [0.15, 0.2) is 0 Å². The van der Waals surface area contributed by atoms with Crippen LogP contribution >= 0.6 is 11.6 Å². The quantitative estimate of drug-likeness (QED) is 0.860. The number of carboxylic acids is 1. The van der Waals surface area contributed by atoms with Crippen LogP contribution in [0, 0.1) is 0 Å². The van der Waals surface area contributed by atoms with Crippen molar-refractivity contribution in [2.45, 2.75) is 19.3 Å². The van der Waals surface area contributed by atoms with Gasteiger partial charge in [0, 0.05) is 17.9 Å². The Balaban J connectivity index is 2.21. The highest BCUT2D eigenvalue weighted by atomic mass is 35.5. The molecule has 0 spiro atoms. The fourth-order valence-corrected chi connectivity index (χ4v) is 1.93. The van der Waals surface area contributed by atoms with Gasteiger partial charge in [0.25, 0.3) is 0 Å². The van der Waals surface area contributed by atoms with E-state index in [0.29, 0.717) is 18.1 Å². The normalized spacial score (nSPS) is 13.4. The Morgan fingerprint density at radius 1 is 1.53 bits per heavy atom. The number of benzene rings is 1. The van der Waals surface area contributed by atoms with Gasteiger partial charge in [-0.05, 0) is 23.6 Å². The van der Waals surface area contributed by atoms with E-state index in [-0.39, 0.29) is 6.42 Å². The maximum atomic E-state index is 10.4. The van der Waals surface area contributed by atoms with Crippen molar-refractivity contribution in [2.75, 3.05) is 6.61 Å². The molecule has 80 valence electrons. The van der Waals surface area contributed by atoms with Crippen LogP contribution in [-0.2, 0) is 17.6 Å². The molecule has 0 saturated heterocycles. The summed E-state index contributed by atoms with van der Waals surface area (Å²) in [5, 5.41) is 9.19. The van der Waals surface area contributed by atoms with Crippen molar-refractivity contribution in [3.8, 4) is 5.75 Å². The van der Waals surface area contributed by atoms with Crippen LogP contribution in [0.5, 0.6) is 5.75 Å². The van der Waals surface area contributed by atoms with Crippen LogP contribution < -0.4 is 4.74 Å². The van der Waals surface area contributed by atoms with Crippen molar-refractivity contribution in [3.63, 3.8) is 0 Å². The van der Waals surface area contributed by atoms with Crippen molar-refractivity contribution >= 4 is 17.6 Å². The second kappa shape index (κ2) is 4.11. The highest BCUT2D eigenvalue weighted by molar-refractivity contribution is 6.31. The summed E-state index contributed by atoms with van der Waals surface area (Å²) in [5.74, 6) is 0.0295. The number of halogens is 1. The number of aryl methyl sites for hydroxylation is 1. The molecule has 0 unspecified atom stereocenters. The predicted octanol–water partition coefficient (Wildman–Crippen LogP) is 2.29. The SMILES string of the molecule is O=C(O)CCc1cc2c(cc1Cl)OCC2. The average Bonchev–Trinajstić information content (AvgIpc) is 2.60. The van der Waals surface area contributed by atoms with E-state index in [0.717, 1.165) is 23.3 Å². The molecule has 0 saturated carbocycles. The van der Waals surface area contributed by atoms with Crippen molar-refractivity contribution < 1.29 is 14.6 Å². The number of hydrogen-bond donors (Lipinski definition) is 1. The van der Waals surface area contributed by atoms with Crippen molar-refractivity contribution in [1.82, 2.24) is 0 Å². The fraction of sp³-hybridized carbons (Fsp3) is 0.364. The van der Waals surface area contributed by atoms with E-state index in [2.05, 4.69) is 0 Å². The molecule has 1 heterocycles. The monoisotopic (exact) mass is 226 g/mol. The van der Waals surface area contributed by atoms with Crippen LogP contribution in [0.4, 0.5) is 0 Å². The van der Waals surface area contributed by atoms with Gasteiger partial charge in [-0.2, -0.15) is 0 Å². The standard InChI is InChI=1S/C11H11ClO3/c12-9-6-10-8(3-4-15-10)5-7(9)1-2-11(13)14/h5-6H,1-4H2,(H,13,14). The molecular weight excluding hydrogens is 216 g/mol. The largest absolute Gasteiger partial charge is 0.493 e. The summed E-state index contributed by atoms with van der Waals surface area (Å²) in [7, 11) is 0. The van der Waals surface area contributed by atoms with Gasteiger partial charge in [-0.25, -0.2) is 0 Å². The topological polar surface area (TPSA) is 46.5 Å². The molecule has 0 radical (unpaired) electrons. The van der Waals surface area contributed by atoms with E-state index in [1.165, 1.54) is 0 Å². The summed E-state index contributed by atoms with van der Waals surface area (Å²) in [4.78, 5) is 10.4. The molecule has 0 fully saturated rings. The molecular formula is C11H11ClO3. The summed E-state index contributed by atoms with van der Waals surface area (Å²) in [6, 6.07) is 3.73. The lowest BCUT2D eigenvalue weighted by Gasteiger charge is -2.05. The van der Waals surface area contributed by atoms with Crippen LogP contribution in [-0.4, -0.2) is 17.7 Å². The third-order valence-electron chi connectivity index (χ3n) is 2.47. The molecule has 0 aromatic heterocycles. The first-order chi connectivity index (χ1) is 7.16. The Morgan fingerprint density at radius 2 is 2.33 bits per heavy atom. The Labute approximate surface area is 92.6 Å². The number of carbonyl (C=O) groups is 1. The third-order valence-corrected chi connectivity index (χ3v) is 2.82. The van der Waals surface area contributed by atoms with Crippen molar-refractivity contribution in [3.05, 3.63) is 28.3 Å². The summed E-state index contributed by atoms with van der Waals surface area (Å²) in [5.41, 5.74) is 2.02. The average molecular weight is 227 g/mol. The summed E-state index contributed by atoms with van der Waals surface area (Å²) in [6.45, 7) is 0.689. The maximum absolute atomic E-state index is 10.4. The number of hydrogen-bond acceptors (Lipinski definition) is 2. The van der Waals surface area contributed by atoms with Crippen LogP contribution in [0.3, 0.4) is 0 Å². The van der Waals surface area contributed by atoms with Gasteiger partial charge in [0.1, 0.15) is 5.75 Å². The van der Waals surface area contributed by atoms with E-state index in [1.807, 2.05) is 6.07 Å². The molecule has 0 atom stereocenters. The van der Waals surface area contributed by atoms with E-state index in [9.17, 15) is 4.79 Å². The minimum atomic E-state index is -0.803. The second-order valence-corrected chi connectivity index (χ2v) is 3.95. The number of fused-ring (bicyclic) bond motifs is 1. The van der Waals surface area contributed by atoms with E-state index in [4.69, 9.17) is 21.4 Å². The van der Waals surface area contributed by atoms with Gasteiger partial charge in [0.05, 0.1) is 6.61 Å². The number of rotatable bonds is 3. The molecule has 0 amide bonds. The van der Waals surface area contributed by atoms with Gasteiger partial charge < -0.3 is 9.84 Å². The highest BCUT2D eigenvalue weighted by Crippen LogP contribution is 2.31. The Bertz CT molecular complexity index is 401. The number of carboxylic acid groups (broad SMARTS) is 1. The molecule has 2 rings (SSSR count). The zero-order chi connectivity index (χ0) is 10.8. The summed E-state index contributed by atoms with van der Waals surface area (Å²) >= 11 is 6.02. The van der Waals surface area contributed by atoms with Gasteiger partial charge in [-0.1, -0.05) is 17.7 Å². The van der Waals surface area contributed by atoms with Crippen molar-refractivity contribution in [1.29, 1.82) is 0 Å². The lowest BCUT2D eigenvalue weighted by Crippen LogP contribution is -1.98. The second-order valence-electron chi connectivity index (χ2n) is 3.54. The van der Waals surface area contributed by atoms with Crippen LogP contribution in [0.1, 0.15) is 17.5 Å². The zero-order valence-electron chi connectivity index (χ0n) is 8.12. The molecule has 1 aliphatic heterocycles. The Kier molecular flexibility index (Phi) is 2.82. The lowest BCUT2D eigenvalue weighted by atomic mass is 10.0. The minimum Gasteiger partial charge on any atom is -0.493 e. The van der Waals surface area contributed by atoms with Crippen LogP contribution in [0.25, 0.3) is 0 Å². The van der Waals surface area contributed by atoms with Gasteiger partial charge in [-0.3, -0.25) is 4.79 Å². The van der Waals surface area contributed by atoms with Crippen LogP contribution in [0.2, 0.25) is 5.02 Å². The Morgan fingerprint density at radius 3 is 3.07 bits per heavy atom. The first-order valence-corrected chi connectivity index (χ1v) is 5.20. The first kappa shape index (κ1) is 10.3. The van der Waals surface area contributed by atoms with Gasteiger partial charge in [-0.15, -0.1) is 0 Å². The van der Waals surface area contributed by atoms with E-state index < -0.39 is 5.97 Å². The minimum absolute atomic E-state index is 0.110. The van der Waals surface area contributed by atoms with E-state index in [1.54, 1.807) is 6.07 Å². The first-order valence-electron chi connectivity index (χ1n) is 4.82. The smallest absolute Gasteiger partial charge is 0.303 e. The Hall–Kier alpha value is -1.22. The summed E-state index contributed by atoms with van der Waals surface area (Å²) in [6.07, 6.45) is 1.47. The fourth-order valence-electron chi connectivity index (χ4n) is 1.68. The molecule has 1 aromatic rings. The van der Waals surface area contributed by atoms with Gasteiger partial charge >= 0.3 is 5.97 Å². The van der Waals surface area contributed by atoms with Crippen LogP contribution in [0.15, 0.2) is 12.1 Å². The maximum Gasteiger partial charge on any atom is 0.303 e. The van der Waals surface area contributed by atoms with E-state index >= 15 is 0 Å². The molecule has 1 aliphatic rings. The molecule has 0 aliphatic carbocycles. The molecule has 3 nitrogen and oxygen atoms in total.